The summed E-state index contributed by atoms with van der Waals surface area (Å²) in [6, 6.07) is 0. The van der Waals surface area contributed by atoms with E-state index in [2.05, 4.69) is 30.7 Å². The van der Waals surface area contributed by atoms with Crippen LogP contribution in [0.15, 0.2) is 12.7 Å². The van der Waals surface area contributed by atoms with Crippen LogP contribution in [0.5, 0.6) is 0 Å². The average molecular weight is 282 g/mol. The van der Waals surface area contributed by atoms with Gasteiger partial charge in [0.1, 0.15) is 12.7 Å². The van der Waals surface area contributed by atoms with Crippen molar-refractivity contribution in [3.05, 3.63) is 12.7 Å². The molecule has 5 rings (SSSR count). The first-order valence-corrected chi connectivity index (χ1v) is 7.01. The van der Waals surface area contributed by atoms with E-state index in [1.165, 1.54) is 38.5 Å². The molecule has 0 N–H and O–H groups in total. The highest BCUT2D eigenvalue weighted by atomic mass is 79.9. The molecule has 86 valence electrons. The van der Waals surface area contributed by atoms with E-state index in [0.29, 0.717) is 4.32 Å². The minimum atomic E-state index is 0.282. The normalized spacial score (nSPS) is 49.8. The summed E-state index contributed by atoms with van der Waals surface area (Å²) in [7, 11) is 0. The third-order valence-corrected chi connectivity index (χ3v) is 5.79. The highest BCUT2D eigenvalue weighted by Crippen LogP contribution is 2.63. The van der Waals surface area contributed by atoms with Crippen LogP contribution in [-0.2, 0) is 5.54 Å². The Morgan fingerprint density at radius 2 is 1.94 bits per heavy atom. The maximum Gasteiger partial charge on any atom is 0.137 e. The molecular weight excluding hydrogens is 266 g/mol. The monoisotopic (exact) mass is 281 g/mol. The molecule has 1 aromatic heterocycles. The van der Waals surface area contributed by atoms with Crippen molar-refractivity contribution in [1.29, 1.82) is 0 Å². The van der Waals surface area contributed by atoms with Crippen LogP contribution in [0, 0.1) is 11.8 Å². The number of nitrogens with zero attached hydrogens (tertiary/aromatic N) is 3. The molecule has 1 aromatic rings. The van der Waals surface area contributed by atoms with Crippen molar-refractivity contribution in [2.75, 3.05) is 0 Å². The quantitative estimate of drug-likeness (QED) is 0.741. The molecule has 4 saturated carbocycles. The summed E-state index contributed by atoms with van der Waals surface area (Å²) >= 11 is 4.02. The lowest BCUT2D eigenvalue weighted by molar-refractivity contribution is -0.0324. The van der Waals surface area contributed by atoms with Crippen LogP contribution < -0.4 is 0 Å². The number of alkyl halides is 1. The Bertz CT molecular complexity index is 400. The van der Waals surface area contributed by atoms with Gasteiger partial charge in [0.15, 0.2) is 0 Å². The number of rotatable bonds is 1. The Kier molecular flexibility index (Phi) is 1.74. The second-order valence-electron chi connectivity index (χ2n) is 6.18. The number of hydrogen-bond acceptors (Lipinski definition) is 2. The molecule has 4 heteroatoms. The van der Waals surface area contributed by atoms with E-state index < -0.39 is 0 Å². The third kappa shape index (κ3) is 1.19. The van der Waals surface area contributed by atoms with Crippen LogP contribution in [0.1, 0.15) is 38.5 Å². The van der Waals surface area contributed by atoms with Gasteiger partial charge in [-0.15, -0.1) is 0 Å². The summed E-state index contributed by atoms with van der Waals surface area (Å²) in [4.78, 5) is 4.14. The molecule has 4 bridgehead atoms. The second kappa shape index (κ2) is 2.89. The van der Waals surface area contributed by atoms with Gasteiger partial charge < -0.3 is 0 Å². The van der Waals surface area contributed by atoms with Gasteiger partial charge in [0.2, 0.25) is 0 Å². The highest BCUT2D eigenvalue weighted by Gasteiger charge is 2.58. The Morgan fingerprint density at radius 3 is 2.50 bits per heavy atom. The first-order chi connectivity index (χ1) is 7.68. The summed E-state index contributed by atoms with van der Waals surface area (Å²) in [5.74, 6) is 1.81. The van der Waals surface area contributed by atoms with Crippen molar-refractivity contribution in [2.45, 2.75) is 48.4 Å². The first-order valence-electron chi connectivity index (χ1n) is 6.22. The van der Waals surface area contributed by atoms with Crippen molar-refractivity contribution in [3.8, 4) is 0 Å². The maximum atomic E-state index is 4.42. The molecule has 2 unspecified atom stereocenters. The molecule has 0 amide bonds. The van der Waals surface area contributed by atoms with E-state index in [1.54, 1.807) is 6.33 Å². The number of halogens is 1. The van der Waals surface area contributed by atoms with Gasteiger partial charge in [-0.3, -0.25) is 0 Å². The molecule has 16 heavy (non-hydrogen) atoms. The number of aromatic nitrogens is 3. The summed E-state index contributed by atoms with van der Waals surface area (Å²) in [5, 5.41) is 4.42. The standard InChI is InChI=1S/C12H16BrN3/c13-11-2-9-1-10(3-11)5-12(4-9,6-11)16-8-14-7-15-16/h7-10H,1-6H2/t9-,10+,11?,12?. The summed E-state index contributed by atoms with van der Waals surface area (Å²) in [5.41, 5.74) is 0.282. The lowest BCUT2D eigenvalue weighted by atomic mass is 9.53. The summed E-state index contributed by atoms with van der Waals surface area (Å²) in [6.07, 6.45) is 11.7. The molecule has 0 radical (unpaired) electrons. The lowest BCUT2D eigenvalue weighted by Crippen LogP contribution is -2.57. The van der Waals surface area contributed by atoms with Gasteiger partial charge in [-0.05, 0) is 50.4 Å². The SMILES string of the molecule is BrC12C[C@H]3C[C@@H](C1)CC(n1cncn1)(C3)C2. The van der Waals surface area contributed by atoms with Crippen molar-refractivity contribution >= 4 is 15.9 Å². The fourth-order valence-electron chi connectivity index (χ4n) is 4.82. The van der Waals surface area contributed by atoms with E-state index in [1.807, 2.05) is 6.33 Å². The molecule has 4 fully saturated rings. The molecule has 0 spiro atoms. The predicted octanol–water partition coefficient (Wildman–Crippen LogP) is 2.72. The molecule has 3 nitrogen and oxygen atoms in total. The van der Waals surface area contributed by atoms with Gasteiger partial charge in [-0.25, -0.2) is 9.67 Å². The number of hydrogen-bond donors (Lipinski definition) is 0. The first kappa shape index (κ1) is 9.63. The molecule has 4 aliphatic carbocycles. The zero-order valence-electron chi connectivity index (χ0n) is 9.27. The minimum absolute atomic E-state index is 0.282. The van der Waals surface area contributed by atoms with Crippen LogP contribution in [-0.4, -0.2) is 19.1 Å². The zero-order chi connectivity index (χ0) is 10.8. The molecule has 0 saturated heterocycles. The molecule has 4 atom stereocenters. The zero-order valence-corrected chi connectivity index (χ0v) is 10.9. The largest absolute Gasteiger partial charge is 0.247 e. The van der Waals surface area contributed by atoms with Gasteiger partial charge in [0.05, 0.1) is 5.54 Å². The Hall–Kier alpha value is -0.380. The van der Waals surface area contributed by atoms with Crippen LogP contribution in [0.3, 0.4) is 0 Å². The van der Waals surface area contributed by atoms with Crippen LogP contribution in [0.25, 0.3) is 0 Å². The second-order valence-corrected chi connectivity index (χ2v) is 7.86. The van der Waals surface area contributed by atoms with Crippen LogP contribution in [0.4, 0.5) is 0 Å². The van der Waals surface area contributed by atoms with E-state index in [4.69, 9.17) is 0 Å². The molecular formula is C12H16BrN3. The van der Waals surface area contributed by atoms with Crippen LogP contribution >= 0.6 is 15.9 Å². The van der Waals surface area contributed by atoms with Crippen LogP contribution in [0.2, 0.25) is 0 Å². The summed E-state index contributed by atoms with van der Waals surface area (Å²) < 4.78 is 2.56. The van der Waals surface area contributed by atoms with Crippen molar-refractivity contribution in [2.24, 2.45) is 11.8 Å². The smallest absolute Gasteiger partial charge is 0.137 e. The fourth-order valence-corrected chi connectivity index (χ4v) is 6.26. The van der Waals surface area contributed by atoms with E-state index >= 15 is 0 Å². The molecule has 0 aliphatic heterocycles. The third-order valence-electron chi connectivity index (χ3n) is 4.86. The fraction of sp³-hybridized carbons (Fsp3) is 0.833. The predicted molar refractivity (Wildman–Crippen MR) is 64.3 cm³/mol. The van der Waals surface area contributed by atoms with E-state index in [9.17, 15) is 0 Å². The topological polar surface area (TPSA) is 30.7 Å². The van der Waals surface area contributed by atoms with Gasteiger partial charge in [-0.1, -0.05) is 15.9 Å². The van der Waals surface area contributed by atoms with Gasteiger partial charge in [-0.2, -0.15) is 5.10 Å². The Morgan fingerprint density at radius 1 is 1.19 bits per heavy atom. The van der Waals surface area contributed by atoms with Crippen molar-refractivity contribution < 1.29 is 0 Å². The van der Waals surface area contributed by atoms with Gasteiger partial charge in [0, 0.05) is 4.32 Å². The average Bonchev–Trinajstić information content (AvgIpc) is 2.65. The highest BCUT2D eigenvalue weighted by molar-refractivity contribution is 9.10. The lowest BCUT2D eigenvalue weighted by Gasteiger charge is -2.59. The molecule has 0 aromatic carbocycles. The molecule has 4 aliphatic rings. The van der Waals surface area contributed by atoms with Gasteiger partial charge in [0.25, 0.3) is 0 Å². The van der Waals surface area contributed by atoms with E-state index in [-0.39, 0.29) is 5.54 Å². The Labute approximate surface area is 104 Å². The minimum Gasteiger partial charge on any atom is -0.247 e. The molecule has 1 heterocycles. The van der Waals surface area contributed by atoms with Crippen molar-refractivity contribution in [3.63, 3.8) is 0 Å². The van der Waals surface area contributed by atoms with Crippen molar-refractivity contribution in [1.82, 2.24) is 14.8 Å². The van der Waals surface area contributed by atoms with Gasteiger partial charge >= 0.3 is 0 Å². The van der Waals surface area contributed by atoms with E-state index in [0.717, 1.165) is 11.8 Å². The Balaban J connectivity index is 1.80. The summed E-state index contributed by atoms with van der Waals surface area (Å²) in [6.45, 7) is 0. The maximum absolute atomic E-state index is 4.42.